The van der Waals surface area contributed by atoms with Crippen LogP contribution in [0.4, 0.5) is 5.69 Å². The predicted molar refractivity (Wildman–Crippen MR) is 82.3 cm³/mol. The number of hydrogen-bond acceptors (Lipinski definition) is 2. The van der Waals surface area contributed by atoms with Crippen molar-refractivity contribution in [2.45, 2.75) is 26.2 Å². The van der Waals surface area contributed by atoms with Gasteiger partial charge < -0.3 is 15.5 Å². The van der Waals surface area contributed by atoms with Gasteiger partial charge in [0.1, 0.15) is 0 Å². The highest BCUT2D eigenvalue weighted by Crippen LogP contribution is 2.23. The Kier molecular flexibility index (Phi) is 4.63. The standard InChI is InChI=1S/C16H23N3O2/c1-16(2,3)12-4-6-13(7-5-12)18-15(21)11-19-9-8-17-14(20)10-19/h4-7H,8-11H2,1-3H3,(H,17,20)(H,18,21)/p+1. The highest BCUT2D eigenvalue weighted by atomic mass is 16.2. The quantitative estimate of drug-likeness (QED) is 0.730. The molecule has 1 aromatic rings. The van der Waals surface area contributed by atoms with Gasteiger partial charge in [0.15, 0.2) is 13.1 Å². The number of rotatable bonds is 3. The normalized spacial score (nSPS) is 19.0. The third kappa shape index (κ3) is 4.56. The number of carbonyl (C=O) groups is 2. The Morgan fingerprint density at radius 1 is 1.29 bits per heavy atom. The van der Waals surface area contributed by atoms with Crippen LogP contribution in [0.5, 0.6) is 0 Å². The van der Waals surface area contributed by atoms with Crippen LogP contribution in [-0.2, 0) is 15.0 Å². The number of nitrogens with one attached hydrogen (secondary N) is 3. The Hall–Kier alpha value is -1.88. The van der Waals surface area contributed by atoms with Crippen LogP contribution in [0, 0.1) is 0 Å². The first-order chi connectivity index (χ1) is 9.84. The molecule has 0 radical (unpaired) electrons. The Bertz CT molecular complexity index is 517. The molecule has 2 rings (SSSR count). The average Bonchev–Trinajstić information content (AvgIpc) is 2.38. The zero-order valence-corrected chi connectivity index (χ0v) is 13.0. The van der Waals surface area contributed by atoms with Crippen molar-refractivity contribution in [1.29, 1.82) is 0 Å². The highest BCUT2D eigenvalue weighted by Gasteiger charge is 2.22. The van der Waals surface area contributed by atoms with Crippen LogP contribution in [0.15, 0.2) is 24.3 Å². The zero-order chi connectivity index (χ0) is 15.5. The van der Waals surface area contributed by atoms with Crippen LogP contribution in [-0.4, -0.2) is 38.0 Å². The second-order valence-corrected chi connectivity index (χ2v) is 6.58. The van der Waals surface area contributed by atoms with Gasteiger partial charge in [-0.1, -0.05) is 32.9 Å². The van der Waals surface area contributed by atoms with E-state index in [1.807, 2.05) is 24.3 Å². The van der Waals surface area contributed by atoms with Gasteiger partial charge >= 0.3 is 0 Å². The predicted octanol–water partition coefficient (Wildman–Crippen LogP) is -0.0627. The fraction of sp³-hybridized carbons (Fsp3) is 0.500. The van der Waals surface area contributed by atoms with Crippen molar-refractivity contribution in [2.24, 2.45) is 0 Å². The molecule has 1 unspecified atom stereocenters. The minimum absolute atomic E-state index is 0.0126. The highest BCUT2D eigenvalue weighted by molar-refractivity contribution is 5.91. The van der Waals surface area contributed by atoms with Crippen molar-refractivity contribution in [1.82, 2.24) is 5.32 Å². The molecule has 5 nitrogen and oxygen atoms in total. The van der Waals surface area contributed by atoms with E-state index in [2.05, 4.69) is 31.4 Å². The fourth-order valence-electron chi connectivity index (χ4n) is 2.39. The molecule has 1 atom stereocenters. The van der Waals surface area contributed by atoms with Crippen LogP contribution in [0.3, 0.4) is 0 Å². The van der Waals surface area contributed by atoms with Crippen LogP contribution in [0.2, 0.25) is 0 Å². The van der Waals surface area contributed by atoms with Gasteiger partial charge in [-0.05, 0) is 23.1 Å². The van der Waals surface area contributed by atoms with Crippen molar-refractivity contribution >= 4 is 17.5 Å². The first-order valence-corrected chi connectivity index (χ1v) is 7.35. The van der Waals surface area contributed by atoms with Crippen molar-refractivity contribution in [3.63, 3.8) is 0 Å². The molecular formula is C16H24N3O2+. The first kappa shape index (κ1) is 15.5. The maximum Gasteiger partial charge on any atom is 0.279 e. The number of anilines is 1. The second-order valence-electron chi connectivity index (χ2n) is 6.58. The zero-order valence-electron chi connectivity index (χ0n) is 13.0. The van der Waals surface area contributed by atoms with Crippen LogP contribution < -0.4 is 15.5 Å². The van der Waals surface area contributed by atoms with Crippen molar-refractivity contribution in [3.05, 3.63) is 29.8 Å². The Morgan fingerprint density at radius 2 is 1.95 bits per heavy atom. The monoisotopic (exact) mass is 290 g/mol. The van der Waals surface area contributed by atoms with E-state index in [1.165, 1.54) is 5.56 Å². The molecule has 0 spiro atoms. The van der Waals surface area contributed by atoms with Crippen LogP contribution >= 0.6 is 0 Å². The van der Waals surface area contributed by atoms with E-state index in [-0.39, 0.29) is 17.2 Å². The van der Waals surface area contributed by atoms with E-state index >= 15 is 0 Å². The lowest BCUT2D eigenvalue weighted by atomic mass is 9.87. The summed E-state index contributed by atoms with van der Waals surface area (Å²) in [4.78, 5) is 24.3. The maximum absolute atomic E-state index is 12.0. The molecule has 0 saturated carbocycles. The Labute approximate surface area is 125 Å². The first-order valence-electron chi connectivity index (χ1n) is 7.35. The molecule has 0 aliphatic carbocycles. The summed E-state index contributed by atoms with van der Waals surface area (Å²) < 4.78 is 0. The van der Waals surface area contributed by atoms with Gasteiger partial charge in [0.25, 0.3) is 11.8 Å². The summed E-state index contributed by atoms with van der Waals surface area (Å²) in [5, 5.41) is 5.65. The van der Waals surface area contributed by atoms with E-state index in [4.69, 9.17) is 0 Å². The molecule has 1 aromatic carbocycles. The summed E-state index contributed by atoms with van der Waals surface area (Å²) >= 11 is 0. The molecule has 1 fully saturated rings. The number of carbonyl (C=O) groups excluding carboxylic acids is 2. The fourth-order valence-corrected chi connectivity index (χ4v) is 2.39. The van der Waals surface area contributed by atoms with Gasteiger partial charge in [0, 0.05) is 5.69 Å². The van der Waals surface area contributed by atoms with Gasteiger partial charge in [-0.2, -0.15) is 0 Å². The molecule has 0 bridgehead atoms. The van der Waals surface area contributed by atoms with E-state index in [0.717, 1.165) is 17.1 Å². The van der Waals surface area contributed by atoms with Crippen molar-refractivity contribution in [3.8, 4) is 0 Å². The molecule has 3 N–H and O–H groups in total. The SMILES string of the molecule is CC(C)(C)c1ccc(NC(=O)C[NH+]2CCNC(=O)C2)cc1. The summed E-state index contributed by atoms with van der Waals surface area (Å²) in [5.41, 5.74) is 2.14. The summed E-state index contributed by atoms with van der Waals surface area (Å²) in [7, 11) is 0. The number of quaternary nitrogens is 1. The molecule has 1 aliphatic heterocycles. The molecule has 0 aromatic heterocycles. The minimum Gasteiger partial charge on any atom is -0.346 e. The van der Waals surface area contributed by atoms with E-state index in [1.54, 1.807) is 0 Å². The average molecular weight is 290 g/mol. The van der Waals surface area contributed by atoms with Gasteiger partial charge in [0.2, 0.25) is 0 Å². The third-order valence-corrected chi connectivity index (χ3v) is 3.66. The largest absolute Gasteiger partial charge is 0.346 e. The smallest absolute Gasteiger partial charge is 0.279 e. The lowest BCUT2D eigenvalue weighted by Gasteiger charge is -2.23. The topological polar surface area (TPSA) is 62.6 Å². The lowest BCUT2D eigenvalue weighted by molar-refractivity contribution is -0.885. The third-order valence-electron chi connectivity index (χ3n) is 3.66. The summed E-state index contributed by atoms with van der Waals surface area (Å²) in [5.74, 6) is -0.0400. The molecule has 21 heavy (non-hydrogen) atoms. The molecule has 1 heterocycles. The molecule has 2 amide bonds. The summed E-state index contributed by atoms with van der Waals surface area (Å²) in [6, 6.07) is 7.93. The molecule has 1 saturated heterocycles. The van der Waals surface area contributed by atoms with Gasteiger partial charge in [-0.25, -0.2) is 0 Å². The second kappa shape index (κ2) is 6.26. The Morgan fingerprint density at radius 3 is 2.52 bits per heavy atom. The number of benzene rings is 1. The number of hydrogen-bond donors (Lipinski definition) is 3. The van der Waals surface area contributed by atoms with Gasteiger partial charge in [-0.3, -0.25) is 9.59 Å². The van der Waals surface area contributed by atoms with E-state index in [9.17, 15) is 9.59 Å². The van der Waals surface area contributed by atoms with Crippen molar-refractivity contribution < 1.29 is 14.5 Å². The van der Waals surface area contributed by atoms with Gasteiger partial charge in [-0.15, -0.1) is 0 Å². The van der Waals surface area contributed by atoms with E-state index in [0.29, 0.717) is 19.6 Å². The minimum atomic E-state index is -0.0526. The molecule has 1 aliphatic rings. The molecule has 5 heteroatoms. The van der Waals surface area contributed by atoms with Crippen molar-refractivity contribution in [2.75, 3.05) is 31.5 Å². The van der Waals surface area contributed by atoms with Crippen LogP contribution in [0.1, 0.15) is 26.3 Å². The van der Waals surface area contributed by atoms with E-state index < -0.39 is 0 Å². The van der Waals surface area contributed by atoms with Crippen LogP contribution in [0.25, 0.3) is 0 Å². The Balaban J connectivity index is 1.89. The lowest BCUT2D eigenvalue weighted by Crippen LogP contribution is -3.16. The number of piperazine rings is 1. The van der Waals surface area contributed by atoms with Gasteiger partial charge in [0.05, 0.1) is 13.1 Å². The summed E-state index contributed by atoms with van der Waals surface area (Å²) in [6.07, 6.45) is 0. The molecule has 114 valence electrons. The number of amides is 2. The summed E-state index contributed by atoms with van der Waals surface area (Å²) in [6.45, 7) is 8.61. The molecular weight excluding hydrogens is 266 g/mol. The maximum atomic E-state index is 12.0.